The first kappa shape index (κ1) is 29.9. The summed E-state index contributed by atoms with van der Waals surface area (Å²) in [6.45, 7) is 20.0. The zero-order chi connectivity index (χ0) is 26.5. The second-order valence-corrected chi connectivity index (χ2v) is 8.40. The van der Waals surface area contributed by atoms with Crippen molar-refractivity contribution in [3.63, 3.8) is 0 Å². The van der Waals surface area contributed by atoms with Crippen LogP contribution in [0.4, 0.5) is 15.8 Å². The molecule has 1 aliphatic rings. The molecule has 3 aromatic rings. The molecule has 0 unspecified atom stereocenters. The van der Waals surface area contributed by atoms with E-state index in [1.54, 1.807) is 19.1 Å². The molecule has 2 N–H and O–H groups in total. The van der Waals surface area contributed by atoms with E-state index >= 15 is 0 Å². The number of nitrogens with two attached hydrogens (primary N) is 1. The molecular formula is C30H39FN2OS. The minimum atomic E-state index is -0.296. The maximum absolute atomic E-state index is 14.1. The monoisotopic (exact) mass is 494 g/mol. The van der Waals surface area contributed by atoms with Gasteiger partial charge in [-0.05, 0) is 67.3 Å². The number of ketones is 1. The number of Topliss-reactive ketones (excluding diaryl/α,β-unsaturated/α-hetero) is 1. The molecule has 0 atom stereocenters. The Morgan fingerprint density at radius 1 is 1.11 bits per heavy atom. The molecule has 5 heteroatoms. The fraction of sp³-hybridized carbons (Fsp3) is 0.300. The Morgan fingerprint density at radius 2 is 1.71 bits per heavy atom. The minimum Gasteiger partial charge on any atom is -0.399 e. The van der Waals surface area contributed by atoms with Gasteiger partial charge < -0.3 is 10.6 Å². The molecule has 0 radical (unpaired) electrons. The van der Waals surface area contributed by atoms with Crippen molar-refractivity contribution in [3.8, 4) is 10.4 Å². The number of rotatable bonds is 4. The SMILES string of the molecule is C=C(c1ccc(N)cc1)N1CCc2cc(C(C)=O)sc2-c2ccc(F)cc21.C=CCC.CC.CC. The summed E-state index contributed by atoms with van der Waals surface area (Å²) in [6.07, 6.45) is 3.71. The third kappa shape index (κ3) is 7.66. The maximum Gasteiger partial charge on any atom is 0.169 e. The number of benzene rings is 2. The molecule has 4 rings (SSSR count). The fourth-order valence-electron chi connectivity index (χ4n) is 3.40. The standard InChI is InChI=1S/C22H19FN2OS.C4H8.2C2H6/c1-13(15-3-6-18(24)7-4-15)25-10-9-16-11-21(14(2)26)27-22(16)19-8-5-17(23)12-20(19)25;1-3-4-2;2*1-2/h3-8,11-12H,1,9-10,24H2,2H3;3H,1,4H2,2H3;2*1-2H3. The van der Waals surface area contributed by atoms with E-state index in [0.29, 0.717) is 12.2 Å². The van der Waals surface area contributed by atoms with Gasteiger partial charge >= 0.3 is 0 Å². The highest BCUT2D eigenvalue weighted by Gasteiger charge is 2.25. The first-order valence-corrected chi connectivity index (χ1v) is 13.0. The number of carbonyl (C=O) groups excluding carboxylic acids is 1. The fourth-order valence-corrected chi connectivity index (χ4v) is 4.54. The minimum absolute atomic E-state index is 0.0554. The van der Waals surface area contributed by atoms with Gasteiger partial charge in [-0.15, -0.1) is 17.9 Å². The molecule has 0 bridgehead atoms. The van der Waals surface area contributed by atoms with Crippen LogP contribution in [-0.4, -0.2) is 12.3 Å². The van der Waals surface area contributed by atoms with Gasteiger partial charge in [0.2, 0.25) is 0 Å². The Kier molecular flexibility index (Phi) is 12.7. The Morgan fingerprint density at radius 3 is 2.26 bits per heavy atom. The van der Waals surface area contributed by atoms with Crippen LogP contribution >= 0.6 is 11.3 Å². The number of thiophene rings is 1. The van der Waals surface area contributed by atoms with Crippen LogP contribution in [0.25, 0.3) is 16.1 Å². The number of anilines is 2. The van der Waals surface area contributed by atoms with Crippen LogP contribution in [0.15, 0.2) is 67.8 Å². The number of nitrogens with zero attached hydrogens (tertiary/aromatic N) is 1. The summed E-state index contributed by atoms with van der Waals surface area (Å²) < 4.78 is 14.1. The maximum atomic E-state index is 14.1. The lowest BCUT2D eigenvalue weighted by Crippen LogP contribution is -2.23. The molecule has 0 saturated heterocycles. The molecule has 0 aliphatic carbocycles. The van der Waals surface area contributed by atoms with E-state index in [9.17, 15) is 9.18 Å². The third-order valence-electron chi connectivity index (χ3n) is 5.11. The van der Waals surface area contributed by atoms with Crippen LogP contribution in [-0.2, 0) is 6.42 Å². The van der Waals surface area contributed by atoms with Crippen molar-refractivity contribution in [1.29, 1.82) is 0 Å². The van der Waals surface area contributed by atoms with E-state index in [4.69, 9.17) is 5.73 Å². The first-order valence-electron chi connectivity index (χ1n) is 12.2. The average molecular weight is 495 g/mol. The predicted molar refractivity (Wildman–Crippen MR) is 154 cm³/mol. The second kappa shape index (κ2) is 14.9. The average Bonchev–Trinajstić information content (AvgIpc) is 3.25. The van der Waals surface area contributed by atoms with Crippen LogP contribution < -0.4 is 10.6 Å². The van der Waals surface area contributed by atoms with Crippen molar-refractivity contribution in [2.24, 2.45) is 0 Å². The number of nitrogen functional groups attached to an aromatic ring is 1. The number of hydrogen-bond acceptors (Lipinski definition) is 4. The molecule has 1 aromatic heterocycles. The number of fused-ring (bicyclic) bond motifs is 3. The summed E-state index contributed by atoms with van der Waals surface area (Å²) in [5.74, 6) is -0.240. The van der Waals surface area contributed by atoms with Gasteiger partial charge in [0, 0.05) is 28.4 Å². The summed E-state index contributed by atoms with van der Waals surface area (Å²) in [5.41, 5.74) is 11.0. The molecule has 1 aliphatic heterocycles. The quantitative estimate of drug-likeness (QED) is 0.224. The Balaban J connectivity index is 0.000000684. The molecule has 0 spiro atoms. The number of halogens is 1. The summed E-state index contributed by atoms with van der Waals surface area (Å²) in [6, 6.07) is 14.3. The lowest BCUT2D eigenvalue weighted by molar-refractivity contribution is 0.102. The smallest absolute Gasteiger partial charge is 0.169 e. The van der Waals surface area contributed by atoms with Gasteiger partial charge in [0.05, 0.1) is 10.6 Å². The summed E-state index contributed by atoms with van der Waals surface area (Å²) in [4.78, 5) is 15.6. The summed E-state index contributed by atoms with van der Waals surface area (Å²) in [7, 11) is 0. The predicted octanol–water partition coefficient (Wildman–Crippen LogP) is 9.01. The van der Waals surface area contributed by atoms with Crippen LogP contribution in [0.1, 0.15) is 68.8 Å². The molecule has 2 aromatic carbocycles. The van der Waals surface area contributed by atoms with E-state index in [0.717, 1.165) is 50.7 Å². The van der Waals surface area contributed by atoms with E-state index in [2.05, 4.69) is 20.1 Å². The highest BCUT2D eigenvalue weighted by atomic mass is 32.1. The third-order valence-corrected chi connectivity index (χ3v) is 6.43. The number of hydrogen-bond donors (Lipinski definition) is 1. The van der Waals surface area contributed by atoms with Gasteiger partial charge in [-0.1, -0.05) is 59.4 Å². The second-order valence-electron chi connectivity index (χ2n) is 7.35. The molecule has 0 saturated carbocycles. The van der Waals surface area contributed by atoms with Gasteiger partial charge in [0.15, 0.2) is 5.78 Å². The normalized spacial score (nSPS) is 11.0. The summed E-state index contributed by atoms with van der Waals surface area (Å²) in [5, 5.41) is 0. The highest BCUT2D eigenvalue weighted by molar-refractivity contribution is 7.17. The Hall–Kier alpha value is -3.18. The zero-order valence-corrected chi connectivity index (χ0v) is 22.8. The molecular weight excluding hydrogens is 455 g/mol. The molecule has 0 amide bonds. The van der Waals surface area contributed by atoms with Gasteiger partial charge in [-0.25, -0.2) is 4.39 Å². The largest absolute Gasteiger partial charge is 0.399 e. The Labute approximate surface area is 214 Å². The van der Waals surface area contributed by atoms with Gasteiger partial charge in [0.25, 0.3) is 0 Å². The van der Waals surface area contributed by atoms with Crippen LogP contribution in [0.2, 0.25) is 0 Å². The van der Waals surface area contributed by atoms with E-state index < -0.39 is 0 Å². The van der Waals surface area contributed by atoms with E-state index in [1.165, 1.54) is 17.4 Å². The van der Waals surface area contributed by atoms with Crippen molar-refractivity contribution < 1.29 is 9.18 Å². The topological polar surface area (TPSA) is 46.3 Å². The molecule has 0 fully saturated rings. The van der Waals surface area contributed by atoms with Crippen LogP contribution in [0.3, 0.4) is 0 Å². The number of allylic oxidation sites excluding steroid dienone is 1. The van der Waals surface area contributed by atoms with Crippen molar-refractivity contribution in [1.82, 2.24) is 0 Å². The first-order chi connectivity index (χ1) is 16.8. The molecule has 2 heterocycles. The summed E-state index contributed by atoms with van der Waals surface area (Å²) >= 11 is 1.47. The van der Waals surface area contributed by atoms with Crippen molar-refractivity contribution >= 4 is 34.2 Å². The molecule has 35 heavy (non-hydrogen) atoms. The van der Waals surface area contributed by atoms with Gasteiger partial charge in [-0.2, -0.15) is 0 Å². The molecule has 3 nitrogen and oxygen atoms in total. The zero-order valence-electron chi connectivity index (χ0n) is 22.0. The highest BCUT2D eigenvalue weighted by Crippen LogP contribution is 2.43. The van der Waals surface area contributed by atoms with E-state index in [1.807, 2.05) is 69.0 Å². The van der Waals surface area contributed by atoms with Gasteiger partial charge in [0.1, 0.15) is 5.82 Å². The van der Waals surface area contributed by atoms with Crippen molar-refractivity contribution in [2.45, 2.75) is 54.4 Å². The Bertz CT molecular complexity index is 1120. The van der Waals surface area contributed by atoms with Crippen molar-refractivity contribution in [3.05, 3.63) is 89.6 Å². The van der Waals surface area contributed by atoms with Crippen LogP contribution in [0.5, 0.6) is 0 Å². The van der Waals surface area contributed by atoms with E-state index in [-0.39, 0.29) is 11.6 Å². The molecule has 188 valence electrons. The van der Waals surface area contributed by atoms with Gasteiger partial charge in [-0.3, -0.25) is 4.79 Å². The van der Waals surface area contributed by atoms with Crippen molar-refractivity contribution in [2.75, 3.05) is 17.2 Å². The lowest BCUT2D eigenvalue weighted by Gasteiger charge is -2.27. The lowest BCUT2D eigenvalue weighted by atomic mass is 10.1. The van der Waals surface area contributed by atoms with Crippen LogP contribution in [0, 0.1) is 5.82 Å². The number of carbonyl (C=O) groups is 1.